The Bertz CT molecular complexity index is 1090. The minimum Gasteiger partial charge on any atom is -0.356 e. The van der Waals surface area contributed by atoms with E-state index in [0.29, 0.717) is 5.65 Å². The molecule has 1 aliphatic rings. The lowest BCUT2D eigenvalue weighted by Crippen LogP contribution is -2.20. The Kier molecular flexibility index (Phi) is 3.48. The van der Waals surface area contributed by atoms with Crippen LogP contribution in [0.4, 0.5) is 17.3 Å². The number of nitrogens with zero attached hydrogens (tertiary/aromatic N) is 4. The average molecular weight is 344 g/mol. The van der Waals surface area contributed by atoms with Crippen molar-refractivity contribution in [3.05, 3.63) is 48.8 Å². The quantitative estimate of drug-likeness (QED) is 0.586. The Morgan fingerprint density at radius 1 is 1.12 bits per heavy atom. The highest BCUT2D eigenvalue weighted by Gasteiger charge is 2.21. The Hall–Kier alpha value is -3.15. The standard InChI is InChI=1S/C20H20N6/c1-13-7-10-26(12-13)20-16-5-4-15(11-14(16)6-9-22-20)23-19-17-3-2-8-21-18(17)24-25-19/h2-6,8-9,11,13H,7,10,12H2,1H3,(H2,21,23,24,25)/t13-/m1/s1. The third-order valence-corrected chi connectivity index (χ3v) is 5.07. The number of aromatic nitrogens is 4. The fourth-order valence-corrected chi connectivity index (χ4v) is 3.71. The van der Waals surface area contributed by atoms with Crippen molar-refractivity contribution in [3.63, 3.8) is 0 Å². The summed E-state index contributed by atoms with van der Waals surface area (Å²) in [4.78, 5) is 11.3. The fraction of sp³-hybridized carbons (Fsp3) is 0.250. The average Bonchev–Trinajstić information content (AvgIpc) is 3.28. The number of anilines is 3. The Labute approximate surface area is 151 Å². The molecule has 26 heavy (non-hydrogen) atoms. The van der Waals surface area contributed by atoms with Crippen molar-refractivity contribution in [2.45, 2.75) is 13.3 Å². The van der Waals surface area contributed by atoms with Gasteiger partial charge in [0.05, 0.1) is 5.39 Å². The van der Waals surface area contributed by atoms with E-state index in [2.05, 4.69) is 61.6 Å². The first-order chi connectivity index (χ1) is 12.8. The molecule has 0 saturated carbocycles. The van der Waals surface area contributed by atoms with Crippen LogP contribution in [-0.2, 0) is 0 Å². The van der Waals surface area contributed by atoms with Crippen LogP contribution in [0.1, 0.15) is 13.3 Å². The van der Waals surface area contributed by atoms with E-state index < -0.39 is 0 Å². The minimum absolute atomic E-state index is 0.713. The first-order valence-corrected chi connectivity index (χ1v) is 8.98. The van der Waals surface area contributed by atoms with Crippen LogP contribution in [0.5, 0.6) is 0 Å². The van der Waals surface area contributed by atoms with Gasteiger partial charge in [0.25, 0.3) is 0 Å². The summed E-state index contributed by atoms with van der Waals surface area (Å²) in [6.45, 7) is 4.47. The van der Waals surface area contributed by atoms with E-state index in [9.17, 15) is 0 Å². The van der Waals surface area contributed by atoms with Crippen molar-refractivity contribution in [3.8, 4) is 0 Å². The molecule has 4 aromatic rings. The number of H-pyrrole nitrogens is 1. The van der Waals surface area contributed by atoms with Crippen LogP contribution in [0.25, 0.3) is 21.8 Å². The maximum atomic E-state index is 4.65. The molecule has 0 unspecified atom stereocenters. The summed E-state index contributed by atoms with van der Waals surface area (Å²) in [5.41, 5.74) is 1.73. The zero-order valence-electron chi connectivity index (χ0n) is 14.6. The highest BCUT2D eigenvalue weighted by molar-refractivity contribution is 5.96. The number of pyridine rings is 2. The highest BCUT2D eigenvalue weighted by atomic mass is 15.2. The van der Waals surface area contributed by atoms with E-state index in [1.165, 1.54) is 17.2 Å². The topological polar surface area (TPSA) is 69.7 Å². The molecule has 1 saturated heterocycles. The maximum Gasteiger partial charge on any atom is 0.183 e. The number of rotatable bonds is 3. The second kappa shape index (κ2) is 5.98. The molecule has 0 spiro atoms. The molecule has 6 nitrogen and oxygen atoms in total. The summed E-state index contributed by atoms with van der Waals surface area (Å²) >= 11 is 0. The molecule has 1 atom stereocenters. The summed E-state index contributed by atoms with van der Waals surface area (Å²) in [5, 5.41) is 14.0. The van der Waals surface area contributed by atoms with Crippen molar-refractivity contribution in [1.29, 1.82) is 0 Å². The van der Waals surface area contributed by atoms with Crippen LogP contribution >= 0.6 is 0 Å². The number of nitrogens with one attached hydrogen (secondary N) is 2. The fourth-order valence-electron chi connectivity index (χ4n) is 3.71. The molecule has 0 bridgehead atoms. The lowest BCUT2D eigenvalue weighted by Gasteiger charge is -2.19. The summed E-state index contributed by atoms with van der Waals surface area (Å²) in [6, 6.07) is 12.4. The molecule has 0 aliphatic carbocycles. The molecule has 3 aromatic heterocycles. The molecule has 2 N–H and O–H groups in total. The molecule has 4 heterocycles. The van der Waals surface area contributed by atoms with Gasteiger partial charge in [-0.05, 0) is 54.1 Å². The van der Waals surface area contributed by atoms with Crippen molar-refractivity contribution >= 4 is 39.1 Å². The van der Waals surface area contributed by atoms with Gasteiger partial charge in [0, 0.05) is 36.6 Å². The molecule has 1 aromatic carbocycles. The van der Waals surface area contributed by atoms with Crippen LogP contribution in [0, 0.1) is 5.92 Å². The summed E-state index contributed by atoms with van der Waals surface area (Å²) < 4.78 is 0. The molecule has 5 rings (SSSR count). The van der Waals surface area contributed by atoms with Gasteiger partial charge in [-0.3, -0.25) is 5.10 Å². The smallest absolute Gasteiger partial charge is 0.183 e. The van der Waals surface area contributed by atoms with E-state index >= 15 is 0 Å². The van der Waals surface area contributed by atoms with Gasteiger partial charge in [-0.2, -0.15) is 5.10 Å². The van der Waals surface area contributed by atoms with Gasteiger partial charge in [0.15, 0.2) is 5.65 Å². The van der Waals surface area contributed by atoms with Gasteiger partial charge >= 0.3 is 0 Å². The van der Waals surface area contributed by atoms with E-state index in [4.69, 9.17) is 0 Å². The summed E-state index contributed by atoms with van der Waals surface area (Å²) in [7, 11) is 0. The predicted molar refractivity (Wildman–Crippen MR) is 105 cm³/mol. The first-order valence-electron chi connectivity index (χ1n) is 8.98. The molecule has 0 amide bonds. The van der Waals surface area contributed by atoms with Gasteiger partial charge < -0.3 is 10.2 Å². The summed E-state index contributed by atoms with van der Waals surface area (Å²) in [5.74, 6) is 2.68. The van der Waals surface area contributed by atoms with Crippen molar-refractivity contribution in [2.24, 2.45) is 5.92 Å². The minimum atomic E-state index is 0.713. The van der Waals surface area contributed by atoms with E-state index in [1.54, 1.807) is 6.20 Å². The third kappa shape index (κ3) is 2.54. The van der Waals surface area contributed by atoms with Crippen LogP contribution in [0.3, 0.4) is 0 Å². The zero-order valence-corrected chi connectivity index (χ0v) is 14.6. The molecular formula is C20H20N6. The van der Waals surface area contributed by atoms with Crippen molar-refractivity contribution < 1.29 is 0 Å². The van der Waals surface area contributed by atoms with Crippen molar-refractivity contribution in [1.82, 2.24) is 20.2 Å². The second-order valence-electron chi connectivity index (χ2n) is 7.01. The first kappa shape index (κ1) is 15.1. The second-order valence-corrected chi connectivity index (χ2v) is 7.01. The lowest BCUT2D eigenvalue weighted by molar-refractivity contribution is 0.659. The molecule has 130 valence electrons. The largest absolute Gasteiger partial charge is 0.356 e. The Morgan fingerprint density at radius 2 is 2.08 bits per heavy atom. The zero-order chi connectivity index (χ0) is 17.5. The van der Waals surface area contributed by atoms with Crippen LogP contribution in [-0.4, -0.2) is 33.3 Å². The van der Waals surface area contributed by atoms with Gasteiger partial charge in [-0.1, -0.05) is 6.92 Å². The molecule has 0 radical (unpaired) electrons. The van der Waals surface area contributed by atoms with E-state index in [-0.39, 0.29) is 0 Å². The number of benzene rings is 1. The number of aromatic amines is 1. The van der Waals surface area contributed by atoms with Gasteiger partial charge in [0.2, 0.25) is 0 Å². The van der Waals surface area contributed by atoms with Crippen molar-refractivity contribution in [2.75, 3.05) is 23.3 Å². The molecule has 1 fully saturated rings. The molecule has 6 heteroatoms. The number of hydrogen-bond donors (Lipinski definition) is 2. The Morgan fingerprint density at radius 3 is 2.96 bits per heavy atom. The monoisotopic (exact) mass is 344 g/mol. The van der Waals surface area contributed by atoms with Gasteiger partial charge in [-0.15, -0.1) is 0 Å². The molecule has 1 aliphatic heterocycles. The highest BCUT2D eigenvalue weighted by Crippen LogP contribution is 2.31. The van der Waals surface area contributed by atoms with E-state index in [0.717, 1.165) is 41.7 Å². The SMILES string of the molecule is C[C@@H]1CCN(c2nccc3cc(Nc4[nH]nc5ncccc45)ccc23)C1. The lowest BCUT2D eigenvalue weighted by atomic mass is 10.1. The van der Waals surface area contributed by atoms with E-state index in [1.807, 2.05) is 18.3 Å². The van der Waals surface area contributed by atoms with Gasteiger partial charge in [-0.25, -0.2) is 9.97 Å². The van der Waals surface area contributed by atoms with Gasteiger partial charge in [0.1, 0.15) is 11.6 Å². The predicted octanol–water partition coefficient (Wildman–Crippen LogP) is 4.10. The van der Waals surface area contributed by atoms with Crippen LogP contribution in [0.15, 0.2) is 48.8 Å². The van der Waals surface area contributed by atoms with Crippen LogP contribution in [0.2, 0.25) is 0 Å². The van der Waals surface area contributed by atoms with Crippen LogP contribution < -0.4 is 10.2 Å². The maximum absolute atomic E-state index is 4.65. The number of fused-ring (bicyclic) bond motifs is 2. The Balaban J connectivity index is 1.50. The number of hydrogen-bond acceptors (Lipinski definition) is 5. The molecular weight excluding hydrogens is 324 g/mol. The summed E-state index contributed by atoms with van der Waals surface area (Å²) in [6.07, 6.45) is 4.88. The normalized spacial score (nSPS) is 17.3. The third-order valence-electron chi connectivity index (χ3n) is 5.07.